The highest BCUT2D eigenvalue weighted by molar-refractivity contribution is 6.22. The molecule has 0 radical (unpaired) electrons. The normalized spacial score (nSPS) is 23.0. The van der Waals surface area contributed by atoms with Crippen LogP contribution in [0.15, 0.2) is 84.9 Å². The molecular formula is C29H22N2O7. The number of carbonyl (C=O) groups is 3. The van der Waals surface area contributed by atoms with Crippen molar-refractivity contribution >= 4 is 29.2 Å². The van der Waals surface area contributed by atoms with Crippen LogP contribution in [0.3, 0.4) is 0 Å². The fourth-order valence-electron chi connectivity index (χ4n) is 5.56. The number of allylic oxidation sites excluding steroid dienone is 2. The Hall–Kier alpha value is -4.79. The van der Waals surface area contributed by atoms with E-state index >= 15 is 0 Å². The Bertz CT molecular complexity index is 1430. The van der Waals surface area contributed by atoms with Gasteiger partial charge in [0.2, 0.25) is 11.8 Å². The molecule has 2 amide bonds. The number of rotatable bonds is 7. The summed E-state index contributed by atoms with van der Waals surface area (Å²) in [4.78, 5) is 50.1. The summed E-state index contributed by atoms with van der Waals surface area (Å²) in [5.74, 6) is -0.109. The van der Waals surface area contributed by atoms with Crippen molar-refractivity contribution < 1.29 is 28.8 Å². The van der Waals surface area contributed by atoms with Gasteiger partial charge in [-0.3, -0.25) is 24.6 Å². The van der Waals surface area contributed by atoms with Gasteiger partial charge in [-0.25, -0.2) is 4.79 Å². The molecule has 3 aliphatic rings. The van der Waals surface area contributed by atoms with E-state index in [0.717, 1.165) is 12.0 Å². The van der Waals surface area contributed by atoms with Crippen LogP contribution in [0.2, 0.25) is 0 Å². The minimum atomic E-state index is -0.527. The fraction of sp³-hybridized carbons (Fsp3) is 0.207. The van der Waals surface area contributed by atoms with Crippen molar-refractivity contribution in [1.29, 1.82) is 0 Å². The Labute approximate surface area is 217 Å². The van der Waals surface area contributed by atoms with Gasteiger partial charge in [-0.15, -0.1) is 0 Å². The van der Waals surface area contributed by atoms with Crippen LogP contribution in [-0.4, -0.2) is 22.7 Å². The standard InChI is InChI=1S/C29H22N2O7/c32-27-25-19-3-4-20(15-19)26(25)28(33)30(27)21-7-5-18(6-8-21)29(34)37-16-17-1-11-23(12-2-17)38-24-13-9-22(10-14-24)31(35)36/h1-14,19-20,25-26H,15-16H2/t19-,20+,25-,26-/m0/s1. The maximum atomic E-state index is 13.0. The number of carbonyl (C=O) groups excluding carboxylic acids is 3. The molecule has 6 rings (SSSR count). The topological polar surface area (TPSA) is 116 Å². The number of benzene rings is 3. The van der Waals surface area contributed by atoms with Gasteiger partial charge < -0.3 is 9.47 Å². The second kappa shape index (κ2) is 9.26. The Morgan fingerprint density at radius 2 is 1.39 bits per heavy atom. The molecule has 3 aromatic rings. The third kappa shape index (κ3) is 4.11. The minimum absolute atomic E-state index is 0.0197. The molecule has 0 aromatic heterocycles. The molecule has 2 bridgehead atoms. The summed E-state index contributed by atoms with van der Waals surface area (Å²) in [5, 5.41) is 10.8. The first-order chi connectivity index (χ1) is 18.4. The van der Waals surface area contributed by atoms with Gasteiger partial charge in [-0.05, 0) is 72.4 Å². The summed E-state index contributed by atoms with van der Waals surface area (Å²) in [6.45, 7) is 0.0423. The molecule has 190 valence electrons. The quantitative estimate of drug-likeness (QED) is 0.143. The zero-order chi connectivity index (χ0) is 26.4. The van der Waals surface area contributed by atoms with Gasteiger partial charge in [0.15, 0.2) is 0 Å². The first-order valence-electron chi connectivity index (χ1n) is 12.2. The number of hydrogen-bond acceptors (Lipinski definition) is 7. The van der Waals surface area contributed by atoms with E-state index in [2.05, 4.69) is 12.2 Å². The van der Waals surface area contributed by atoms with Crippen LogP contribution in [-0.2, 0) is 20.9 Å². The molecule has 38 heavy (non-hydrogen) atoms. The highest BCUT2D eigenvalue weighted by Crippen LogP contribution is 2.53. The highest BCUT2D eigenvalue weighted by Gasteiger charge is 2.59. The number of nitro groups is 1. The van der Waals surface area contributed by atoms with Crippen LogP contribution in [0.1, 0.15) is 22.3 Å². The van der Waals surface area contributed by atoms with E-state index in [1.165, 1.54) is 29.2 Å². The summed E-state index contributed by atoms with van der Waals surface area (Å²) in [6, 6.07) is 19.0. The Kier molecular flexibility index (Phi) is 5.75. The number of nitro benzene ring substituents is 1. The van der Waals surface area contributed by atoms with Gasteiger partial charge in [0.05, 0.1) is 28.0 Å². The first kappa shape index (κ1) is 23.6. The molecule has 9 heteroatoms. The average molecular weight is 511 g/mol. The van der Waals surface area contributed by atoms with E-state index in [1.54, 1.807) is 48.5 Å². The maximum Gasteiger partial charge on any atom is 0.338 e. The number of amides is 2. The van der Waals surface area contributed by atoms with E-state index in [-0.39, 0.29) is 47.8 Å². The molecule has 2 fully saturated rings. The molecule has 2 aliphatic carbocycles. The van der Waals surface area contributed by atoms with Gasteiger partial charge in [0, 0.05) is 12.1 Å². The first-order valence-corrected chi connectivity index (χ1v) is 12.2. The van der Waals surface area contributed by atoms with Gasteiger partial charge in [0.1, 0.15) is 18.1 Å². The molecule has 0 spiro atoms. The van der Waals surface area contributed by atoms with Crippen LogP contribution in [0.25, 0.3) is 0 Å². The van der Waals surface area contributed by atoms with E-state index < -0.39 is 10.9 Å². The SMILES string of the molecule is O=C(OCc1ccc(Oc2ccc([N+](=O)[O-])cc2)cc1)c1ccc(N2C(=O)[C@@H]3[C@@H](C2=O)[C@H]2C=C[C@@H]3C2)cc1. The van der Waals surface area contributed by atoms with Crippen molar-refractivity contribution in [2.24, 2.45) is 23.7 Å². The van der Waals surface area contributed by atoms with Crippen LogP contribution < -0.4 is 9.64 Å². The number of hydrogen-bond donors (Lipinski definition) is 0. The number of esters is 1. The number of ether oxygens (including phenoxy) is 2. The molecule has 0 N–H and O–H groups in total. The zero-order valence-corrected chi connectivity index (χ0v) is 20.1. The molecule has 0 unspecified atom stereocenters. The molecule has 1 saturated heterocycles. The zero-order valence-electron chi connectivity index (χ0n) is 20.1. The van der Waals surface area contributed by atoms with Crippen LogP contribution in [0, 0.1) is 33.8 Å². The van der Waals surface area contributed by atoms with Crippen molar-refractivity contribution in [3.63, 3.8) is 0 Å². The van der Waals surface area contributed by atoms with Crippen molar-refractivity contribution in [2.75, 3.05) is 4.90 Å². The summed E-state index contributed by atoms with van der Waals surface area (Å²) >= 11 is 0. The third-order valence-electron chi connectivity index (χ3n) is 7.41. The number of imide groups is 1. The monoisotopic (exact) mass is 510 g/mol. The summed E-state index contributed by atoms with van der Waals surface area (Å²) < 4.78 is 11.1. The smallest absolute Gasteiger partial charge is 0.338 e. The van der Waals surface area contributed by atoms with E-state index in [4.69, 9.17) is 9.47 Å². The van der Waals surface area contributed by atoms with Crippen molar-refractivity contribution in [1.82, 2.24) is 0 Å². The van der Waals surface area contributed by atoms with Gasteiger partial charge in [0.25, 0.3) is 5.69 Å². The number of nitrogens with zero attached hydrogens (tertiary/aromatic N) is 2. The Morgan fingerprint density at radius 1 is 0.842 bits per heavy atom. The van der Waals surface area contributed by atoms with E-state index in [1.807, 2.05) is 0 Å². The van der Waals surface area contributed by atoms with Crippen LogP contribution in [0.5, 0.6) is 11.5 Å². The largest absolute Gasteiger partial charge is 0.457 e. The third-order valence-corrected chi connectivity index (χ3v) is 7.41. The van der Waals surface area contributed by atoms with Crippen molar-refractivity contribution in [3.8, 4) is 11.5 Å². The maximum absolute atomic E-state index is 13.0. The Balaban J connectivity index is 1.04. The average Bonchev–Trinajstić information content (AvgIpc) is 3.62. The van der Waals surface area contributed by atoms with Crippen molar-refractivity contribution in [2.45, 2.75) is 13.0 Å². The van der Waals surface area contributed by atoms with E-state index in [0.29, 0.717) is 22.7 Å². The molecule has 3 aromatic carbocycles. The molecule has 4 atom stereocenters. The molecule has 1 aliphatic heterocycles. The molecule has 9 nitrogen and oxygen atoms in total. The summed E-state index contributed by atoms with van der Waals surface area (Å²) in [7, 11) is 0. The molecule has 1 heterocycles. The lowest BCUT2D eigenvalue weighted by Crippen LogP contribution is -2.32. The van der Waals surface area contributed by atoms with E-state index in [9.17, 15) is 24.5 Å². The lowest BCUT2D eigenvalue weighted by atomic mass is 9.85. The number of fused-ring (bicyclic) bond motifs is 5. The predicted molar refractivity (Wildman–Crippen MR) is 135 cm³/mol. The predicted octanol–water partition coefficient (Wildman–Crippen LogP) is 5.06. The van der Waals surface area contributed by atoms with Gasteiger partial charge in [-0.2, -0.15) is 0 Å². The van der Waals surface area contributed by atoms with Gasteiger partial charge >= 0.3 is 5.97 Å². The summed E-state index contributed by atoms with van der Waals surface area (Å²) in [5.41, 5.74) is 1.50. The summed E-state index contributed by atoms with van der Waals surface area (Å²) in [6.07, 6.45) is 4.99. The van der Waals surface area contributed by atoms with Crippen LogP contribution >= 0.6 is 0 Å². The number of non-ortho nitro benzene ring substituents is 1. The lowest BCUT2D eigenvalue weighted by Gasteiger charge is -2.17. The second-order valence-corrected chi connectivity index (χ2v) is 9.63. The van der Waals surface area contributed by atoms with Gasteiger partial charge in [-0.1, -0.05) is 24.3 Å². The molecular weight excluding hydrogens is 488 g/mol. The fourth-order valence-corrected chi connectivity index (χ4v) is 5.56. The Morgan fingerprint density at radius 3 is 1.95 bits per heavy atom. The minimum Gasteiger partial charge on any atom is -0.457 e. The second-order valence-electron chi connectivity index (χ2n) is 9.63. The van der Waals surface area contributed by atoms with Crippen molar-refractivity contribution in [3.05, 3.63) is 106 Å². The molecule has 1 saturated carbocycles. The number of anilines is 1. The lowest BCUT2D eigenvalue weighted by molar-refractivity contribution is -0.384. The highest BCUT2D eigenvalue weighted by atomic mass is 16.6. The van der Waals surface area contributed by atoms with Crippen LogP contribution in [0.4, 0.5) is 11.4 Å².